The van der Waals surface area contributed by atoms with Crippen molar-refractivity contribution in [3.63, 3.8) is 0 Å². The van der Waals surface area contributed by atoms with Gasteiger partial charge in [-0.2, -0.15) is 0 Å². The van der Waals surface area contributed by atoms with Crippen LogP contribution in [0.5, 0.6) is 5.75 Å². The second-order valence-corrected chi connectivity index (χ2v) is 15.9. The Balaban J connectivity index is 0.00000465. The van der Waals surface area contributed by atoms with Crippen molar-refractivity contribution in [1.29, 1.82) is 0 Å². The molecule has 0 amide bonds. The molecule has 1 N–H and O–H groups in total. The smallest absolute Gasteiger partial charge is 0.136 e. The molecule has 0 aliphatic heterocycles. The maximum Gasteiger partial charge on any atom is 0.136 e. The summed E-state index contributed by atoms with van der Waals surface area (Å²) in [4.78, 5) is 17.5. The van der Waals surface area contributed by atoms with Crippen LogP contribution in [0.25, 0.3) is 55.4 Å². The van der Waals surface area contributed by atoms with E-state index in [-0.39, 0.29) is 37.6 Å². The maximum atomic E-state index is 11.9. The monoisotopic (exact) mass is 898 g/mol. The second kappa shape index (κ2) is 14.9. The number of hydrogen-bond donors (Lipinski definition) is 1. The van der Waals surface area contributed by atoms with E-state index in [1.54, 1.807) is 0 Å². The molecule has 0 bridgehead atoms. The van der Waals surface area contributed by atoms with Gasteiger partial charge in [0.1, 0.15) is 11.6 Å². The minimum atomic E-state index is -0.289. The van der Waals surface area contributed by atoms with Crippen LogP contribution in [0.4, 0.5) is 17.2 Å². The Morgan fingerprint density at radius 3 is 2.00 bits per heavy atom. The summed E-state index contributed by atoms with van der Waals surface area (Å²) >= 11 is 0. The van der Waals surface area contributed by atoms with Crippen molar-refractivity contribution in [2.45, 2.75) is 52.4 Å². The summed E-state index contributed by atoms with van der Waals surface area (Å²) < 4.78 is 0. The number of aromatic nitrogens is 3. The van der Waals surface area contributed by atoms with Crippen molar-refractivity contribution in [3.05, 3.63) is 163 Å². The van der Waals surface area contributed by atoms with Crippen LogP contribution >= 0.6 is 0 Å². The quantitative estimate of drug-likeness (QED) is 0.169. The molecular formula is C49H43N4OPt-. The summed E-state index contributed by atoms with van der Waals surface area (Å²) in [6, 6.07) is 51.3. The fourth-order valence-electron chi connectivity index (χ4n) is 6.99. The van der Waals surface area contributed by atoms with E-state index in [1.165, 1.54) is 0 Å². The molecule has 8 rings (SSSR count). The third-order valence-corrected chi connectivity index (χ3v) is 9.97. The van der Waals surface area contributed by atoms with Gasteiger partial charge in [0.15, 0.2) is 0 Å². The van der Waals surface area contributed by atoms with Crippen molar-refractivity contribution in [1.82, 2.24) is 15.0 Å². The van der Waals surface area contributed by atoms with Crippen LogP contribution < -0.4 is 4.90 Å². The molecule has 276 valence electrons. The van der Waals surface area contributed by atoms with Crippen LogP contribution in [-0.4, -0.2) is 20.1 Å². The molecule has 2 heterocycles. The zero-order valence-electron chi connectivity index (χ0n) is 31.9. The minimum absolute atomic E-state index is 0. The minimum Gasteiger partial charge on any atom is -0.507 e. The van der Waals surface area contributed by atoms with Crippen LogP contribution in [0.2, 0.25) is 0 Å². The van der Waals surface area contributed by atoms with Gasteiger partial charge in [0.2, 0.25) is 0 Å². The first-order valence-electron chi connectivity index (χ1n) is 18.4. The van der Waals surface area contributed by atoms with Gasteiger partial charge in [0.05, 0.1) is 22.9 Å². The van der Waals surface area contributed by atoms with Gasteiger partial charge in [-0.25, -0.2) is 4.98 Å². The summed E-state index contributed by atoms with van der Waals surface area (Å²) in [6.07, 6.45) is 1.93. The number of pyridine rings is 1. The Morgan fingerprint density at radius 1 is 0.600 bits per heavy atom. The first-order chi connectivity index (χ1) is 25.9. The molecule has 8 aromatic rings. The number of rotatable bonds is 6. The molecule has 0 fully saturated rings. The Hall–Kier alpha value is -5.64. The van der Waals surface area contributed by atoms with E-state index >= 15 is 0 Å². The Kier molecular flexibility index (Phi) is 10.2. The standard InChI is InChI=1S/C49H43N4O.Pt/c1-48(2,3)37-28-40(46(54)41(29-37)49(4,5)6)43-30-42(33-17-8-7-9-18-33)51-47(52-43)35-22-14-23-38(26-35)53(44-25-15-21-32-16-12-13-24-39(32)44)45-27-34-19-10-11-20-36(34)31-50-45;/h7-25,27-31,54H,1-6H3;/q-1;. The fraction of sp³-hybridized carbons (Fsp3) is 0.163. The molecule has 55 heavy (non-hydrogen) atoms. The van der Waals surface area contributed by atoms with Gasteiger partial charge in [-0.05, 0) is 62.7 Å². The Bertz CT molecular complexity index is 2650. The number of hydrogen-bond acceptors (Lipinski definition) is 5. The van der Waals surface area contributed by atoms with Gasteiger partial charge in [0, 0.05) is 49.2 Å². The SMILES string of the molecule is CC(C)(C)c1cc(-c2cc(-c3ccccc3)nc(-c3[c-]c(N(c4cc5ccccc5cn4)c4cccc5ccccc45)ccc3)n2)c(O)c(C(C)(C)C)c1.[Pt]. The van der Waals surface area contributed by atoms with E-state index in [0.717, 1.165) is 66.7 Å². The van der Waals surface area contributed by atoms with Gasteiger partial charge in [-0.1, -0.05) is 139 Å². The molecule has 0 radical (unpaired) electrons. The number of nitrogens with zero attached hydrogens (tertiary/aromatic N) is 4. The molecule has 2 aromatic heterocycles. The topological polar surface area (TPSA) is 62.1 Å². The third kappa shape index (κ3) is 7.55. The third-order valence-electron chi connectivity index (χ3n) is 9.97. The normalized spacial score (nSPS) is 11.7. The molecule has 6 heteroatoms. The molecule has 0 saturated carbocycles. The molecule has 0 unspecified atom stereocenters. The molecule has 0 spiro atoms. The molecule has 6 aromatic carbocycles. The van der Waals surface area contributed by atoms with Crippen molar-refractivity contribution in [3.8, 4) is 39.7 Å². The number of benzene rings is 6. The van der Waals surface area contributed by atoms with Crippen molar-refractivity contribution in [2.75, 3.05) is 4.90 Å². The molecule has 0 aliphatic carbocycles. The molecule has 5 nitrogen and oxygen atoms in total. The Labute approximate surface area is 338 Å². The van der Waals surface area contributed by atoms with Crippen LogP contribution in [0.15, 0.2) is 146 Å². The van der Waals surface area contributed by atoms with Crippen molar-refractivity contribution >= 4 is 38.7 Å². The van der Waals surface area contributed by atoms with Crippen LogP contribution in [0, 0.1) is 6.07 Å². The van der Waals surface area contributed by atoms with Gasteiger partial charge in [-0.3, -0.25) is 9.97 Å². The fourth-order valence-corrected chi connectivity index (χ4v) is 6.99. The predicted molar refractivity (Wildman–Crippen MR) is 224 cm³/mol. The van der Waals surface area contributed by atoms with Gasteiger partial charge < -0.3 is 10.0 Å². The molecule has 0 atom stereocenters. The first-order valence-corrected chi connectivity index (χ1v) is 18.4. The van der Waals surface area contributed by atoms with E-state index < -0.39 is 0 Å². The van der Waals surface area contributed by atoms with E-state index in [4.69, 9.17) is 15.0 Å². The molecular weight excluding hydrogens is 856 g/mol. The first kappa shape index (κ1) is 37.7. The molecule has 0 saturated heterocycles. The van der Waals surface area contributed by atoms with Crippen molar-refractivity contribution < 1.29 is 26.2 Å². The van der Waals surface area contributed by atoms with E-state index in [2.05, 4.69) is 150 Å². The predicted octanol–water partition coefficient (Wildman–Crippen LogP) is 12.7. The average molecular weight is 899 g/mol. The number of phenolic OH excluding ortho intramolecular Hbond substituents is 1. The van der Waals surface area contributed by atoms with Crippen molar-refractivity contribution in [2.24, 2.45) is 0 Å². The summed E-state index contributed by atoms with van der Waals surface area (Å²) in [6.45, 7) is 13.0. The van der Waals surface area contributed by atoms with Crippen LogP contribution in [0.3, 0.4) is 0 Å². The van der Waals surface area contributed by atoms with Crippen LogP contribution in [0.1, 0.15) is 52.7 Å². The second-order valence-electron chi connectivity index (χ2n) is 15.9. The summed E-state index contributed by atoms with van der Waals surface area (Å²) in [5.74, 6) is 1.52. The number of phenols is 1. The van der Waals surface area contributed by atoms with E-state index in [1.807, 2.05) is 48.7 Å². The maximum absolute atomic E-state index is 11.9. The van der Waals surface area contributed by atoms with E-state index in [0.29, 0.717) is 17.1 Å². The van der Waals surface area contributed by atoms with Gasteiger partial charge in [-0.15, -0.1) is 29.8 Å². The number of fused-ring (bicyclic) bond motifs is 2. The summed E-state index contributed by atoms with van der Waals surface area (Å²) in [7, 11) is 0. The average Bonchev–Trinajstić information content (AvgIpc) is 3.17. The summed E-state index contributed by atoms with van der Waals surface area (Å²) in [5, 5.41) is 16.3. The number of anilines is 3. The summed E-state index contributed by atoms with van der Waals surface area (Å²) in [5.41, 5.74) is 7.13. The molecule has 0 aliphatic rings. The zero-order valence-corrected chi connectivity index (χ0v) is 34.2. The van der Waals surface area contributed by atoms with Crippen LogP contribution in [-0.2, 0) is 31.9 Å². The number of aromatic hydroxyl groups is 1. The van der Waals surface area contributed by atoms with E-state index in [9.17, 15) is 5.11 Å². The largest absolute Gasteiger partial charge is 0.507 e. The van der Waals surface area contributed by atoms with Gasteiger partial charge >= 0.3 is 0 Å². The zero-order chi connectivity index (χ0) is 37.6. The van der Waals surface area contributed by atoms with Gasteiger partial charge in [0.25, 0.3) is 0 Å². The Morgan fingerprint density at radius 2 is 1.25 bits per heavy atom.